The van der Waals surface area contributed by atoms with Gasteiger partial charge >= 0.3 is 6.18 Å². The van der Waals surface area contributed by atoms with E-state index < -0.39 is 11.9 Å². The van der Waals surface area contributed by atoms with Crippen molar-refractivity contribution >= 4 is 23.5 Å². The van der Waals surface area contributed by atoms with E-state index in [1.807, 2.05) is 18.2 Å². The third kappa shape index (κ3) is 4.99. The molecule has 156 valence electrons. The number of nitrogens with zero attached hydrogens (tertiary/aromatic N) is 6. The lowest BCUT2D eigenvalue weighted by Gasteiger charge is -2.35. The molecule has 0 amide bonds. The second-order valence-corrected chi connectivity index (χ2v) is 7.70. The lowest BCUT2D eigenvalue weighted by atomic mass is 10.2. The van der Waals surface area contributed by atoms with Gasteiger partial charge in [0.15, 0.2) is 0 Å². The minimum absolute atomic E-state index is 0.0997. The zero-order chi connectivity index (χ0) is 21.0. The lowest BCUT2D eigenvalue weighted by molar-refractivity contribution is -0.141. The number of rotatable bonds is 5. The zero-order valence-electron chi connectivity index (χ0n) is 16.0. The molecule has 0 unspecified atom stereocenters. The second-order valence-electron chi connectivity index (χ2n) is 6.70. The van der Waals surface area contributed by atoms with Crippen LogP contribution in [0.1, 0.15) is 11.3 Å². The predicted octanol–water partition coefficient (Wildman–Crippen LogP) is 3.90. The highest BCUT2D eigenvalue weighted by molar-refractivity contribution is 7.98. The number of halogens is 3. The van der Waals surface area contributed by atoms with E-state index in [9.17, 15) is 13.2 Å². The number of alkyl halides is 3. The van der Waals surface area contributed by atoms with Gasteiger partial charge in [0, 0.05) is 38.1 Å². The van der Waals surface area contributed by atoms with Crippen LogP contribution in [-0.4, -0.2) is 46.1 Å². The molecule has 30 heavy (non-hydrogen) atoms. The highest BCUT2D eigenvalue weighted by Gasteiger charge is 2.33. The molecular formula is C20H19F3N6S. The highest BCUT2D eigenvalue weighted by atomic mass is 32.2. The Morgan fingerprint density at radius 1 is 0.900 bits per heavy atom. The van der Waals surface area contributed by atoms with Crippen molar-refractivity contribution in [3.63, 3.8) is 0 Å². The molecule has 6 nitrogen and oxygen atoms in total. The van der Waals surface area contributed by atoms with Crippen LogP contribution in [0.25, 0.3) is 0 Å². The quantitative estimate of drug-likeness (QED) is 0.567. The Hall–Kier alpha value is -2.88. The fraction of sp³-hybridized carbons (Fsp3) is 0.300. The SMILES string of the molecule is FC(F)(F)c1ccnc(N2CCN(c3cncc(SCc4ccccc4)n3)CC2)n1. The normalized spacial score (nSPS) is 14.8. The van der Waals surface area contributed by atoms with Crippen LogP contribution in [-0.2, 0) is 11.9 Å². The molecule has 1 aliphatic heterocycles. The third-order valence-corrected chi connectivity index (χ3v) is 5.62. The molecule has 0 bridgehead atoms. The summed E-state index contributed by atoms with van der Waals surface area (Å²) in [5, 5.41) is 0.833. The van der Waals surface area contributed by atoms with Crippen molar-refractivity contribution < 1.29 is 13.2 Å². The van der Waals surface area contributed by atoms with Gasteiger partial charge in [0.2, 0.25) is 5.95 Å². The number of aromatic nitrogens is 4. The molecule has 3 aromatic rings. The summed E-state index contributed by atoms with van der Waals surface area (Å²) in [4.78, 5) is 20.5. The largest absolute Gasteiger partial charge is 0.433 e. The maximum atomic E-state index is 12.9. The maximum absolute atomic E-state index is 12.9. The molecule has 1 saturated heterocycles. The molecule has 10 heteroatoms. The summed E-state index contributed by atoms with van der Waals surface area (Å²) in [7, 11) is 0. The standard InChI is InChI=1S/C20H19F3N6S/c21-20(22,23)16-6-7-25-19(26-16)29-10-8-28(9-11-29)17-12-24-13-18(27-17)30-14-15-4-2-1-3-5-15/h1-7,12-13H,8-11,14H2. The molecule has 0 spiro atoms. The summed E-state index contributed by atoms with van der Waals surface area (Å²) < 4.78 is 38.7. The Labute approximate surface area is 176 Å². The average molecular weight is 432 g/mol. The summed E-state index contributed by atoms with van der Waals surface area (Å²) in [6.45, 7) is 2.21. The summed E-state index contributed by atoms with van der Waals surface area (Å²) in [6.07, 6.45) is 0.121. The Balaban J connectivity index is 1.37. The minimum Gasteiger partial charge on any atom is -0.352 e. The molecule has 1 aromatic carbocycles. The molecule has 0 radical (unpaired) electrons. The Morgan fingerprint density at radius 2 is 1.63 bits per heavy atom. The number of hydrogen-bond donors (Lipinski definition) is 0. The van der Waals surface area contributed by atoms with Gasteiger partial charge < -0.3 is 9.80 Å². The molecule has 3 heterocycles. The molecule has 1 aliphatic rings. The van der Waals surface area contributed by atoms with Crippen LogP contribution in [0, 0.1) is 0 Å². The zero-order valence-corrected chi connectivity index (χ0v) is 16.8. The third-order valence-electron chi connectivity index (χ3n) is 4.65. The van der Waals surface area contributed by atoms with E-state index >= 15 is 0 Å². The van der Waals surface area contributed by atoms with Crippen molar-refractivity contribution in [2.45, 2.75) is 17.0 Å². The molecule has 2 aromatic heterocycles. The number of hydrogen-bond acceptors (Lipinski definition) is 7. The van der Waals surface area contributed by atoms with Gasteiger partial charge in [-0.25, -0.2) is 15.0 Å². The summed E-state index contributed by atoms with van der Waals surface area (Å²) in [5.74, 6) is 1.67. The van der Waals surface area contributed by atoms with Crippen LogP contribution in [0.4, 0.5) is 24.9 Å². The van der Waals surface area contributed by atoms with Gasteiger partial charge in [-0.05, 0) is 11.6 Å². The highest BCUT2D eigenvalue weighted by Crippen LogP contribution is 2.28. The first-order valence-electron chi connectivity index (χ1n) is 9.38. The van der Waals surface area contributed by atoms with Gasteiger partial charge in [-0.15, -0.1) is 11.8 Å². The van der Waals surface area contributed by atoms with Gasteiger partial charge in [0.25, 0.3) is 0 Å². The van der Waals surface area contributed by atoms with Crippen molar-refractivity contribution in [2.75, 3.05) is 36.0 Å². The summed E-state index contributed by atoms with van der Waals surface area (Å²) in [6, 6.07) is 11.0. The number of thioether (sulfide) groups is 1. The van der Waals surface area contributed by atoms with E-state index in [0.717, 1.165) is 28.9 Å². The first-order valence-corrected chi connectivity index (χ1v) is 10.4. The van der Waals surface area contributed by atoms with Crippen LogP contribution in [0.5, 0.6) is 0 Å². The maximum Gasteiger partial charge on any atom is 0.433 e. The van der Waals surface area contributed by atoms with Crippen molar-refractivity contribution in [1.82, 2.24) is 19.9 Å². The first-order chi connectivity index (χ1) is 14.5. The Bertz CT molecular complexity index is 978. The molecule has 0 N–H and O–H groups in total. The van der Waals surface area contributed by atoms with E-state index in [1.54, 1.807) is 29.1 Å². The average Bonchev–Trinajstić information content (AvgIpc) is 2.78. The monoisotopic (exact) mass is 432 g/mol. The van der Waals surface area contributed by atoms with Crippen LogP contribution in [0.2, 0.25) is 0 Å². The molecule has 0 aliphatic carbocycles. The predicted molar refractivity (Wildman–Crippen MR) is 109 cm³/mol. The van der Waals surface area contributed by atoms with Crippen molar-refractivity contribution in [3.8, 4) is 0 Å². The van der Waals surface area contributed by atoms with Gasteiger partial charge in [0.05, 0.1) is 12.4 Å². The molecule has 0 saturated carbocycles. The van der Waals surface area contributed by atoms with E-state index in [4.69, 9.17) is 0 Å². The number of piperazine rings is 1. The van der Waals surface area contributed by atoms with Crippen LogP contribution < -0.4 is 9.80 Å². The van der Waals surface area contributed by atoms with Crippen LogP contribution >= 0.6 is 11.8 Å². The van der Waals surface area contributed by atoms with Crippen LogP contribution in [0.15, 0.2) is 60.0 Å². The van der Waals surface area contributed by atoms with Gasteiger partial charge in [-0.1, -0.05) is 30.3 Å². The van der Waals surface area contributed by atoms with Gasteiger partial charge in [0.1, 0.15) is 16.5 Å². The number of benzene rings is 1. The summed E-state index contributed by atoms with van der Waals surface area (Å²) >= 11 is 1.62. The van der Waals surface area contributed by atoms with E-state index in [1.165, 1.54) is 5.56 Å². The second kappa shape index (κ2) is 8.86. The summed E-state index contributed by atoms with van der Waals surface area (Å²) in [5.41, 5.74) is 0.286. The van der Waals surface area contributed by atoms with Crippen molar-refractivity contribution in [2.24, 2.45) is 0 Å². The van der Waals surface area contributed by atoms with Crippen molar-refractivity contribution in [1.29, 1.82) is 0 Å². The smallest absolute Gasteiger partial charge is 0.352 e. The fourth-order valence-electron chi connectivity index (χ4n) is 3.09. The minimum atomic E-state index is -4.48. The van der Waals surface area contributed by atoms with Crippen molar-refractivity contribution in [3.05, 3.63) is 66.2 Å². The van der Waals surface area contributed by atoms with E-state index in [-0.39, 0.29) is 5.95 Å². The van der Waals surface area contributed by atoms with Gasteiger partial charge in [-0.2, -0.15) is 13.2 Å². The number of anilines is 2. The molecule has 0 atom stereocenters. The molecule has 4 rings (SSSR count). The Kier molecular flexibility index (Phi) is 6.03. The first kappa shape index (κ1) is 20.4. The van der Waals surface area contributed by atoms with E-state index in [0.29, 0.717) is 26.2 Å². The topological polar surface area (TPSA) is 58.0 Å². The molecule has 1 fully saturated rings. The van der Waals surface area contributed by atoms with E-state index in [2.05, 4.69) is 37.0 Å². The molecular weight excluding hydrogens is 413 g/mol. The van der Waals surface area contributed by atoms with Gasteiger partial charge in [-0.3, -0.25) is 4.98 Å². The fourth-order valence-corrected chi connectivity index (χ4v) is 3.89. The lowest BCUT2D eigenvalue weighted by Crippen LogP contribution is -2.47. The Morgan fingerprint density at radius 3 is 2.37 bits per heavy atom. The van der Waals surface area contributed by atoms with Crippen LogP contribution in [0.3, 0.4) is 0 Å².